The van der Waals surface area contributed by atoms with Crippen molar-refractivity contribution >= 4 is 5.69 Å². The Morgan fingerprint density at radius 2 is 1.71 bits per heavy atom. The van der Waals surface area contributed by atoms with Gasteiger partial charge in [0.1, 0.15) is 12.4 Å². The van der Waals surface area contributed by atoms with Crippen LogP contribution in [0.1, 0.15) is 50.8 Å². The van der Waals surface area contributed by atoms with Crippen molar-refractivity contribution in [2.24, 2.45) is 0 Å². The van der Waals surface area contributed by atoms with E-state index in [-0.39, 0.29) is 5.41 Å². The molecule has 0 atom stereocenters. The van der Waals surface area contributed by atoms with E-state index in [2.05, 4.69) is 82.4 Å². The lowest BCUT2D eigenvalue weighted by Gasteiger charge is -2.23. The molecule has 0 spiro atoms. The van der Waals surface area contributed by atoms with E-state index in [1.807, 2.05) is 0 Å². The Hall–Kier alpha value is -1.96. The molecule has 0 saturated heterocycles. The van der Waals surface area contributed by atoms with Crippen LogP contribution < -0.4 is 10.1 Å². The lowest BCUT2D eigenvalue weighted by molar-refractivity contribution is 0.332. The lowest BCUT2D eigenvalue weighted by atomic mass is 9.82. The molecule has 0 amide bonds. The van der Waals surface area contributed by atoms with E-state index in [4.69, 9.17) is 4.74 Å². The first-order valence-corrected chi connectivity index (χ1v) is 9.03. The summed E-state index contributed by atoms with van der Waals surface area (Å²) in [6.45, 7) is 12.6. The van der Waals surface area contributed by atoms with Crippen LogP contribution in [0.3, 0.4) is 0 Å². The third-order valence-electron chi connectivity index (χ3n) is 4.93. The van der Waals surface area contributed by atoms with Crippen LogP contribution in [0.4, 0.5) is 5.69 Å². The molecule has 0 fully saturated rings. The Labute approximate surface area is 147 Å². The maximum absolute atomic E-state index is 5.88. The average Bonchev–Trinajstić information content (AvgIpc) is 2.60. The Balaban J connectivity index is 1.87. The number of para-hydroxylation sites is 1. The van der Waals surface area contributed by atoms with Crippen molar-refractivity contribution in [3.05, 3.63) is 59.2 Å². The van der Waals surface area contributed by atoms with Gasteiger partial charge in [0.25, 0.3) is 0 Å². The highest BCUT2D eigenvalue weighted by Crippen LogP contribution is 2.28. The fourth-order valence-electron chi connectivity index (χ4n) is 2.83. The maximum atomic E-state index is 5.88. The van der Waals surface area contributed by atoms with Gasteiger partial charge in [-0.15, -0.1) is 0 Å². The molecule has 0 heterocycles. The van der Waals surface area contributed by atoms with E-state index < -0.39 is 0 Å². The zero-order valence-electron chi connectivity index (χ0n) is 15.8. The number of aryl methyl sites for hydroxylation is 2. The van der Waals surface area contributed by atoms with Crippen LogP contribution in [-0.4, -0.2) is 13.2 Å². The second-order valence-electron chi connectivity index (χ2n) is 7.00. The number of hydrogen-bond acceptors (Lipinski definition) is 2. The molecule has 24 heavy (non-hydrogen) atoms. The molecule has 2 heteroatoms. The monoisotopic (exact) mass is 325 g/mol. The molecule has 0 aliphatic heterocycles. The highest BCUT2D eigenvalue weighted by molar-refractivity contribution is 5.57. The van der Waals surface area contributed by atoms with Crippen LogP contribution >= 0.6 is 0 Å². The fraction of sp³-hybridized carbons (Fsp3) is 0.455. The van der Waals surface area contributed by atoms with Crippen molar-refractivity contribution in [1.29, 1.82) is 0 Å². The molecule has 2 aromatic rings. The SMILES string of the molecule is CCc1cccc(C)c1NCCOc1ccc(C(C)(C)CC)cc1. The van der Waals surface area contributed by atoms with E-state index >= 15 is 0 Å². The molecule has 0 aliphatic carbocycles. The zero-order chi connectivity index (χ0) is 17.6. The molecule has 0 unspecified atom stereocenters. The number of anilines is 1. The van der Waals surface area contributed by atoms with E-state index in [1.54, 1.807) is 0 Å². The second kappa shape index (κ2) is 8.23. The molecule has 2 rings (SSSR count). The topological polar surface area (TPSA) is 21.3 Å². The Morgan fingerprint density at radius 3 is 2.33 bits per heavy atom. The summed E-state index contributed by atoms with van der Waals surface area (Å²) in [7, 11) is 0. The van der Waals surface area contributed by atoms with Gasteiger partial charge in [-0.25, -0.2) is 0 Å². The number of ether oxygens (including phenoxy) is 1. The Kier molecular flexibility index (Phi) is 6.30. The predicted octanol–water partition coefficient (Wildman–Crippen LogP) is 5.74. The first-order chi connectivity index (χ1) is 11.5. The van der Waals surface area contributed by atoms with Crippen molar-refractivity contribution in [1.82, 2.24) is 0 Å². The van der Waals surface area contributed by atoms with Gasteiger partial charge in [-0.1, -0.05) is 58.0 Å². The van der Waals surface area contributed by atoms with Crippen molar-refractivity contribution in [2.45, 2.75) is 52.9 Å². The molecule has 0 bridgehead atoms. The molecule has 130 valence electrons. The molecule has 0 aliphatic rings. The summed E-state index contributed by atoms with van der Waals surface area (Å²) in [4.78, 5) is 0. The molecule has 0 aromatic heterocycles. The van der Waals surface area contributed by atoms with Gasteiger partial charge in [-0.05, 0) is 54.0 Å². The summed E-state index contributed by atoms with van der Waals surface area (Å²) >= 11 is 0. The summed E-state index contributed by atoms with van der Waals surface area (Å²) < 4.78 is 5.88. The highest BCUT2D eigenvalue weighted by atomic mass is 16.5. The fourth-order valence-corrected chi connectivity index (χ4v) is 2.83. The normalized spacial score (nSPS) is 11.4. The van der Waals surface area contributed by atoms with Gasteiger partial charge in [-0.2, -0.15) is 0 Å². The van der Waals surface area contributed by atoms with E-state index in [0.717, 1.165) is 25.1 Å². The lowest BCUT2D eigenvalue weighted by Crippen LogP contribution is -2.15. The minimum Gasteiger partial charge on any atom is -0.492 e. The smallest absolute Gasteiger partial charge is 0.119 e. The molecule has 0 radical (unpaired) electrons. The van der Waals surface area contributed by atoms with Crippen LogP contribution in [0.5, 0.6) is 5.75 Å². The maximum Gasteiger partial charge on any atom is 0.119 e. The van der Waals surface area contributed by atoms with Crippen LogP contribution in [0.2, 0.25) is 0 Å². The van der Waals surface area contributed by atoms with Gasteiger partial charge in [0.15, 0.2) is 0 Å². The summed E-state index contributed by atoms with van der Waals surface area (Å²) in [5.74, 6) is 0.938. The second-order valence-corrected chi connectivity index (χ2v) is 7.00. The van der Waals surface area contributed by atoms with Gasteiger partial charge in [0.05, 0.1) is 0 Å². The van der Waals surface area contributed by atoms with E-state index in [1.165, 1.54) is 22.4 Å². The number of hydrogen-bond donors (Lipinski definition) is 1. The van der Waals surface area contributed by atoms with Crippen molar-refractivity contribution in [3.8, 4) is 5.75 Å². The minimum absolute atomic E-state index is 0.224. The van der Waals surface area contributed by atoms with Crippen LogP contribution in [0.15, 0.2) is 42.5 Å². The van der Waals surface area contributed by atoms with Gasteiger partial charge < -0.3 is 10.1 Å². The molecule has 2 nitrogen and oxygen atoms in total. The Morgan fingerprint density at radius 1 is 1.00 bits per heavy atom. The Bertz CT molecular complexity index is 644. The zero-order valence-corrected chi connectivity index (χ0v) is 15.8. The minimum atomic E-state index is 0.224. The largest absolute Gasteiger partial charge is 0.492 e. The number of rotatable bonds is 8. The molecule has 1 N–H and O–H groups in total. The summed E-state index contributed by atoms with van der Waals surface area (Å²) in [5.41, 5.74) is 5.50. The standard InChI is InChI=1S/C22H31NO/c1-6-18-10-8-9-17(3)21(18)23-15-16-24-20-13-11-19(12-14-20)22(4,5)7-2/h8-14,23H,6-7,15-16H2,1-5H3. The molecule has 2 aromatic carbocycles. The van der Waals surface area contributed by atoms with Crippen molar-refractivity contribution in [2.75, 3.05) is 18.5 Å². The predicted molar refractivity (Wildman–Crippen MR) is 104 cm³/mol. The van der Waals surface area contributed by atoms with Gasteiger partial charge in [-0.3, -0.25) is 0 Å². The summed E-state index contributed by atoms with van der Waals surface area (Å²) in [6.07, 6.45) is 2.17. The van der Waals surface area contributed by atoms with Gasteiger partial charge >= 0.3 is 0 Å². The molecular formula is C22H31NO. The third-order valence-corrected chi connectivity index (χ3v) is 4.93. The summed E-state index contributed by atoms with van der Waals surface area (Å²) in [5, 5.41) is 3.52. The van der Waals surface area contributed by atoms with Crippen LogP contribution in [0, 0.1) is 6.92 Å². The molecular weight excluding hydrogens is 294 g/mol. The van der Waals surface area contributed by atoms with Crippen LogP contribution in [0.25, 0.3) is 0 Å². The molecule has 0 saturated carbocycles. The average molecular weight is 325 g/mol. The first kappa shape index (κ1) is 18.4. The third kappa shape index (κ3) is 4.53. The van der Waals surface area contributed by atoms with E-state index in [0.29, 0.717) is 6.61 Å². The number of nitrogens with one attached hydrogen (secondary N) is 1. The highest BCUT2D eigenvalue weighted by Gasteiger charge is 2.17. The first-order valence-electron chi connectivity index (χ1n) is 9.03. The number of benzene rings is 2. The van der Waals surface area contributed by atoms with Gasteiger partial charge in [0, 0.05) is 12.2 Å². The van der Waals surface area contributed by atoms with Crippen molar-refractivity contribution < 1.29 is 4.74 Å². The van der Waals surface area contributed by atoms with E-state index in [9.17, 15) is 0 Å². The quantitative estimate of drug-likeness (QED) is 0.625. The van der Waals surface area contributed by atoms with Crippen LogP contribution in [-0.2, 0) is 11.8 Å². The van der Waals surface area contributed by atoms with Gasteiger partial charge in [0.2, 0.25) is 0 Å². The summed E-state index contributed by atoms with van der Waals surface area (Å²) in [6, 6.07) is 15.0. The van der Waals surface area contributed by atoms with Crippen molar-refractivity contribution in [3.63, 3.8) is 0 Å².